The van der Waals surface area contributed by atoms with E-state index in [4.69, 9.17) is 18.9 Å². The van der Waals surface area contributed by atoms with Gasteiger partial charge in [-0.3, -0.25) is 4.79 Å². The second kappa shape index (κ2) is 11.1. The Hall–Kier alpha value is -0.0000000000000000694. The van der Waals surface area contributed by atoms with E-state index in [1.54, 1.807) is 6.92 Å². The molecule has 1 atom stereocenters. The van der Waals surface area contributed by atoms with Gasteiger partial charge >= 0.3 is 5.97 Å². The number of nitrogens with zero attached hydrogens (tertiary/aromatic N) is 1. The summed E-state index contributed by atoms with van der Waals surface area (Å²) in [5.41, 5.74) is -0.612. The Morgan fingerprint density at radius 1 is 1.04 bits per heavy atom. The third kappa shape index (κ3) is 8.35. The van der Waals surface area contributed by atoms with Gasteiger partial charge in [-0.25, -0.2) is 0 Å². The van der Waals surface area contributed by atoms with Crippen molar-refractivity contribution in [3.05, 3.63) is 0 Å². The van der Waals surface area contributed by atoms with Crippen LogP contribution in [0.3, 0.4) is 0 Å². The molecule has 8 heteroatoms. The van der Waals surface area contributed by atoms with Crippen LogP contribution in [0.5, 0.6) is 0 Å². The molecule has 1 N–H and O–H groups in total. The maximum Gasteiger partial charge on any atom is 0.318 e. The summed E-state index contributed by atoms with van der Waals surface area (Å²) in [6.45, 7) is 12.5. The van der Waals surface area contributed by atoms with Gasteiger partial charge in [0.1, 0.15) is 10.5 Å². The van der Waals surface area contributed by atoms with Crippen molar-refractivity contribution < 1.29 is 28.9 Å². The Bertz CT molecular complexity index is 412. The van der Waals surface area contributed by atoms with Crippen LogP contribution in [0.1, 0.15) is 47.5 Å². The molecular formula is C18H34INO6. The fraction of sp³-hybridized carbons (Fsp3) is 0.944. The van der Waals surface area contributed by atoms with E-state index >= 15 is 0 Å². The molecule has 0 radical (unpaired) electrons. The zero-order valence-electron chi connectivity index (χ0n) is 16.6. The summed E-state index contributed by atoms with van der Waals surface area (Å²) in [6.07, 6.45) is 1.67. The van der Waals surface area contributed by atoms with Crippen LogP contribution in [-0.2, 0) is 23.7 Å². The molecule has 0 aliphatic carbocycles. The third-order valence-electron chi connectivity index (χ3n) is 4.35. The number of piperidine rings is 1. The summed E-state index contributed by atoms with van der Waals surface area (Å²) >= 11 is 2.01. The van der Waals surface area contributed by atoms with Crippen molar-refractivity contribution in [1.29, 1.82) is 0 Å². The predicted molar refractivity (Wildman–Crippen MR) is 107 cm³/mol. The van der Waals surface area contributed by atoms with Crippen molar-refractivity contribution in [3.8, 4) is 0 Å². The Morgan fingerprint density at radius 2 is 1.50 bits per heavy atom. The average Bonchev–Trinajstić information content (AvgIpc) is 2.53. The van der Waals surface area contributed by atoms with E-state index in [0.717, 1.165) is 12.8 Å². The van der Waals surface area contributed by atoms with Crippen LogP contribution in [0.25, 0.3) is 0 Å². The minimum absolute atomic E-state index is 0.109. The standard InChI is InChI=1S/C18H34INO6/c1-14(19)16(21)26-11-9-24-7-6-23-8-10-25-15-12-17(2,3)20(22)18(4,5)13-15/h14-15,22H,6-13H2,1-5H3. The number of alkyl halides is 1. The molecule has 1 saturated heterocycles. The summed E-state index contributed by atoms with van der Waals surface area (Å²) in [5, 5.41) is 11.7. The Morgan fingerprint density at radius 3 is 2.00 bits per heavy atom. The third-order valence-corrected chi connectivity index (χ3v) is 4.86. The monoisotopic (exact) mass is 487 g/mol. The molecule has 1 fully saturated rings. The van der Waals surface area contributed by atoms with Crippen molar-refractivity contribution in [2.45, 2.75) is 68.6 Å². The van der Waals surface area contributed by atoms with E-state index in [-0.39, 0.29) is 33.7 Å². The molecule has 0 saturated carbocycles. The number of ether oxygens (including phenoxy) is 4. The average molecular weight is 487 g/mol. The number of hydrogen-bond donors (Lipinski definition) is 1. The van der Waals surface area contributed by atoms with Crippen molar-refractivity contribution in [2.75, 3.05) is 39.6 Å². The first-order chi connectivity index (χ1) is 12.1. The molecule has 1 unspecified atom stereocenters. The maximum atomic E-state index is 11.2. The quantitative estimate of drug-likeness (QED) is 0.208. The number of carbonyl (C=O) groups is 1. The SMILES string of the molecule is CC(I)C(=O)OCCOCCOCCOC1CC(C)(C)N(O)C(C)(C)C1. The molecule has 1 aliphatic rings. The van der Waals surface area contributed by atoms with Crippen LogP contribution in [0, 0.1) is 0 Å². The van der Waals surface area contributed by atoms with E-state index in [1.165, 1.54) is 5.06 Å². The minimum Gasteiger partial charge on any atom is -0.462 e. The molecule has 0 aromatic heterocycles. The summed E-state index contributed by atoms with van der Waals surface area (Å²) in [7, 11) is 0. The zero-order valence-corrected chi connectivity index (χ0v) is 18.8. The van der Waals surface area contributed by atoms with Crippen LogP contribution >= 0.6 is 22.6 Å². The molecule has 0 spiro atoms. The second-order valence-corrected chi connectivity index (χ2v) is 9.71. The van der Waals surface area contributed by atoms with Crippen molar-refractivity contribution in [3.63, 3.8) is 0 Å². The molecule has 0 aromatic rings. The Labute approximate surface area is 170 Å². The zero-order chi connectivity index (χ0) is 19.8. The largest absolute Gasteiger partial charge is 0.462 e. The summed E-state index contributed by atoms with van der Waals surface area (Å²) < 4.78 is 21.6. The number of esters is 1. The van der Waals surface area contributed by atoms with Crippen LogP contribution in [0.4, 0.5) is 0 Å². The fourth-order valence-corrected chi connectivity index (χ4v) is 3.39. The summed E-state index contributed by atoms with van der Waals surface area (Å²) in [4.78, 5) is 11.2. The van der Waals surface area contributed by atoms with E-state index in [2.05, 4.69) is 0 Å². The van der Waals surface area contributed by atoms with Crippen LogP contribution < -0.4 is 0 Å². The predicted octanol–water partition coefficient (Wildman–Crippen LogP) is 2.81. The Balaban J connectivity index is 2.03. The van der Waals surface area contributed by atoms with Gasteiger partial charge in [0, 0.05) is 11.1 Å². The van der Waals surface area contributed by atoms with E-state index in [9.17, 15) is 10.0 Å². The van der Waals surface area contributed by atoms with Crippen molar-refractivity contribution in [1.82, 2.24) is 5.06 Å². The van der Waals surface area contributed by atoms with Crippen LogP contribution in [-0.4, -0.2) is 77.0 Å². The van der Waals surface area contributed by atoms with Gasteiger partial charge in [-0.15, -0.1) is 0 Å². The number of hydrogen-bond acceptors (Lipinski definition) is 7. The van der Waals surface area contributed by atoms with Gasteiger partial charge in [-0.05, 0) is 47.5 Å². The number of hydroxylamine groups is 2. The molecule has 0 bridgehead atoms. The van der Waals surface area contributed by atoms with Crippen LogP contribution in [0.2, 0.25) is 0 Å². The molecule has 0 amide bonds. The van der Waals surface area contributed by atoms with Gasteiger partial charge in [-0.1, -0.05) is 22.6 Å². The lowest BCUT2D eigenvalue weighted by Crippen LogP contribution is -2.60. The van der Waals surface area contributed by atoms with Gasteiger partial charge in [0.15, 0.2) is 0 Å². The topological polar surface area (TPSA) is 77.5 Å². The first kappa shape index (κ1) is 24.0. The normalized spacial score (nSPS) is 21.5. The van der Waals surface area contributed by atoms with Gasteiger partial charge in [0.2, 0.25) is 0 Å². The molecule has 1 heterocycles. The maximum absolute atomic E-state index is 11.2. The highest BCUT2D eigenvalue weighted by Gasteiger charge is 2.45. The lowest BCUT2D eigenvalue weighted by atomic mass is 9.80. The molecule has 26 heavy (non-hydrogen) atoms. The minimum atomic E-state index is -0.306. The summed E-state index contributed by atoms with van der Waals surface area (Å²) in [5.74, 6) is -0.221. The van der Waals surface area contributed by atoms with Gasteiger partial charge in [0.25, 0.3) is 0 Å². The summed E-state index contributed by atoms with van der Waals surface area (Å²) in [6, 6.07) is 0. The molecule has 0 aromatic carbocycles. The highest BCUT2D eigenvalue weighted by Crippen LogP contribution is 2.37. The first-order valence-electron chi connectivity index (χ1n) is 9.13. The lowest BCUT2D eigenvalue weighted by Gasteiger charge is -2.51. The number of rotatable bonds is 11. The smallest absolute Gasteiger partial charge is 0.318 e. The van der Waals surface area contributed by atoms with E-state index < -0.39 is 0 Å². The molecular weight excluding hydrogens is 453 g/mol. The molecule has 1 rings (SSSR count). The fourth-order valence-electron chi connectivity index (χ4n) is 3.21. The number of halogens is 1. The molecule has 1 aliphatic heterocycles. The highest BCUT2D eigenvalue weighted by molar-refractivity contribution is 14.1. The molecule has 154 valence electrons. The Kier molecular flexibility index (Phi) is 10.3. The molecule has 7 nitrogen and oxygen atoms in total. The van der Waals surface area contributed by atoms with Gasteiger partial charge in [-0.2, -0.15) is 5.06 Å². The number of carbonyl (C=O) groups excluding carboxylic acids is 1. The van der Waals surface area contributed by atoms with E-state index in [1.807, 2.05) is 50.3 Å². The van der Waals surface area contributed by atoms with Gasteiger partial charge in [0.05, 0.1) is 39.1 Å². The van der Waals surface area contributed by atoms with Gasteiger partial charge < -0.3 is 24.2 Å². The van der Waals surface area contributed by atoms with E-state index in [0.29, 0.717) is 33.0 Å². The van der Waals surface area contributed by atoms with Crippen molar-refractivity contribution in [2.24, 2.45) is 0 Å². The van der Waals surface area contributed by atoms with Crippen molar-refractivity contribution >= 4 is 28.6 Å². The highest BCUT2D eigenvalue weighted by atomic mass is 127. The van der Waals surface area contributed by atoms with Crippen LogP contribution in [0.15, 0.2) is 0 Å². The first-order valence-corrected chi connectivity index (χ1v) is 10.4. The second-order valence-electron chi connectivity index (χ2n) is 7.85. The lowest BCUT2D eigenvalue weighted by molar-refractivity contribution is -0.261.